The van der Waals surface area contributed by atoms with Gasteiger partial charge in [0.1, 0.15) is 23.7 Å². The maximum atomic E-state index is 12.8. The number of nitrogens with one attached hydrogen (secondary N) is 2. The summed E-state index contributed by atoms with van der Waals surface area (Å²) in [5, 5.41) is 5.19. The summed E-state index contributed by atoms with van der Waals surface area (Å²) >= 11 is 0. The van der Waals surface area contributed by atoms with Crippen molar-refractivity contribution in [1.82, 2.24) is 15.5 Å². The summed E-state index contributed by atoms with van der Waals surface area (Å²) in [5.74, 6) is -1.49. The molecule has 0 radical (unpaired) electrons. The summed E-state index contributed by atoms with van der Waals surface area (Å²) in [7, 11) is 0. The van der Waals surface area contributed by atoms with E-state index in [1.807, 2.05) is 13.8 Å². The fourth-order valence-electron chi connectivity index (χ4n) is 3.08. The predicted molar refractivity (Wildman–Crippen MR) is 104 cm³/mol. The highest BCUT2D eigenvalue weighted by molar-refractivity contribution is 5.93. The average Bonchev–Trinajstić information content (AvgIpc) is 3.05. The molecule has 0 aromatic rings. The van der Waals surface area contributed by atoms with Crippen molar-refractivity contribution >= 4 is 23.8 Å². The third kappa shape index (κ3) is 6.69. The van der Waals surface area contributed by atoms with Crippen LogP contribution in [0.1, 0.15) is 60.8 Å². The molecule has 1 aliphatic rings. The number of ether oxygens (including phenoxy) is 1. The van der Waals surface area contributed by atoms with Gasteiger partial charge in [0.25, 0.3) is 0 Å². The minimum absolute atomic E-state index is 0.111. The third-order valence-corrected chi connectivity index (χ3v) is 4.76. The summed E-state index contributed by atoms with van der Waals surface area (Å²) in [6.07, 6.45) is 1.13. The van der Waals surface area contributed by atoms with Gasteiger partial charge < -0.3 is 26.0 Å². The molecule has 28 heavy (non-hydrogen) atoms. The van der Waals surface area contributed by atoms with Crippen LogP contribution < -0.4 is 16.4 Å². The van der Waals surface area contributed by atoms with Crippen molar-refractivity contribution in [2.75, 3.05) is 6.54 Å². The molecule has 0 unspecified atom stereocenters. The molecule has 0 aliphatic carbocycles. The van der Waals surface area contributed by atoms with Crippen LogP contribution in [0.15, 0.2) is 0 Å². The lowest BCUT2D eigenvalue weighted by atomic mass is 9.98. The Morgan fingerprint density at radius 2 is 1.79 bits per heavy atom. The zero-order chi connectivity index (χ0) is 21.6. The van der Waals surface area contributed by atoms with Crippen LogP contribution in [0.5, 0.6) is 0 Å². The van der Waals surface area contributed by atoms with E-state index in [4.69, 9.17) is 10.5 Å². The van der Waals surface area contributed by atoms with Gasteiger partial charge in [-0.3, -0.25) is 14.4 Å². The molecule has 4 atom stereocenters. The van der Waals surface area contributed by atoms with Gasteiger partial charge in [0.15, 0.2) is 0 Å². The quantitative estimate of drug-likeness (QED) is 0.586. The summed E-state index contributed by atoms with van der Waals surface area (Å²) < 4.78 is 5.16. The second kappa shape index (κ2) is 9.75. The first-order chi connectivity index (χ1) is 12.9. The van der Waals surface area contributed by atoms with Crippen molar-refractivity contribution in [1.29, 1.82) is 0 Å². The number of nitrogens with zero attached hydrogens (tertiary/aromatic N) is 1. The second-order valence-electron chi connectivity index (χ2n) is 8.33. The SMILES string of the molecule is CC[C@H](C)[C@@H](NC(=O)[C@@H]1CCCN1C(=O)[C@@H](C)NC(=O)OC(C)(C)C)C(N)=O. The van der Waals surface area contributed by atoms with Crippen molar-refractivity contribution in [3.8, 4) is 0 Å². The lowest BCUT2D eigenvalue weighted by Gasteiger charge is -2.29. The topological polar surface area (TPSA) is 131 Å². The number of carbonyl (C=O) groups is 4. The summed E-state index contributed by atoms with van der Waals surface area (Å²) in [5.41, 5.74) is 4.73. The highest BCUT2D eigenvalue weighted by Gasteiger charge is 2.38. The van der Waals surface area contributed by atoms with E-state index >= 15 is 0 Å². The van der Waals surface area contributed by atoms with E-state index in [-0.39, 0.29) is 11.8 Å². The van der Waals surface area contributed by atoms with E-state index in [0.717, 1.165) is 0 Å². The normalized spacial score (nSPS) is 20.1. The number of primary amides is 1. The Balaban J connectivity index is 2.77. The Hall–Kier alpha value is -2.32. The minimum atomic E-state index is -0.843. The Morgan fingerprint density at radius 1 is 1.18 bits per heavy atom. The Kier molecular flexibility index (Phi) is 8.26. The molecule has 1 fully saturated rings. The molecule has 1 aliphatic heterocycles. The largest absolute Gasteiger partial charge is 0.444 e. The van der Waals surface area contributed by atoms with Gasteiger partial charge in [-0.1, -0.05) is 20.3 Å². The molecular weight excluding hydrogens is 364 g/mol. The number of rotatable bonds is 7. The molecule has 0 aromatic carbocycles. The van der Waals surface area contributed by atoms with Crippen molar-refractivity contribution < 1.29 is 23.9 Å². The lowest BCUT2D eigenvalue weighted by Crippen LogP contribution is -2.56. The molecule has 4 N–H and O–H groups in total. The van der Waals surface area contributed by atoms with Gasteiger partial charge in [0.05, 0.1) is 0 Å². The second-order valence-corrected chi connectivity index (χ2v) is 8.33. The molecule has 0 aromatic heterocycles. The smallest absolute Gasteiger partial charge is 0.408 e. The zero-order valence-electron chi connectivity index (χ0n) is 17.7. The molecular formula is C19H34N4O5. The monoisotopic (exact) mass is 398 g/mol. The van der Waals surface area contributed by atoms with E-state index < -0.39 is 41.6 Å². The zero-order valence-corrected chi connectivity index (χ0v) is 17.7. The van der Waals surface area contributed by atoms with Crippen LogP contribution >= 0.6 is 0 Å². The van der Waals surface area contributed by atoms with Crippen LogP contribution in [-0.4, -0.2) is 59.0 Å². The number of hydrogen-bond acceptors (Lipinski definition) is 5. The summed E-state index contributed by atoms with van der Waals surface area (Å²) in [6, 6.07) is -2.32. The fourth-order valence-corrected chi connectivity index (χ4v) is 3.08. The number of hydrogen-bond donors (Lipinski definition) is 3. The summed E-state index contributed by atoms with van der Waals surface area (Å²) in [4.78, 5) is 50.5. The third-order valence-electron chi connectivity index (χ3n) is 4.76. The van der Waals surface area contributed by atoms with Gasteiger partial charge >= 0.3 is 6.09 Å². The number of alkyl carbamates (subject to hydrolysis) is 1. The van der Waals surface area contributed by atoms with Crippen molar-refractivity contribution in [2.24, 2.45) is 11.7 Å². The molecule has 1 heterocycles. The van der Waals surface area contributed by atoms with Crippen molar-refractivity contribution in [3.05, 3.63) is 0 Å². The van der Waals surface area contributed by atoms with Crippen LogP contribution in [0.2, 0.25) is 0 Å². The van der Waals surface area contributed by atoms with Crippen molar-refractivity contribution in [3.63, 3.8) is 0 Å². The first-order valence-electron chi connectivity index (χ1n) is 9.77. The number of amides is 4. The van der Waals surface area contributed by atoms with Crippen LogP contribution in [-0.2, 0) is 19.1 Å². The van der Waals surface area contributed by atoms with Crippen LogP contribution in [0.25, 0.3) is 0 Å². The van der Waals surface area contributed by atoms with E-state index in [2.05, 4.69) is 10.6 Å². The maximum Gasteiger partial charge on any atom is 0.408 e. The van der Waals surface area contributed by atoms with Gasteiger partial charge in [-0.05, 0) is 46.5 Å². The molecule has 0 saturated carbocycles. The number of likely N-dealkylation sites (tertiary alicyclic amines) is 1. The molecule has 160 valence electrons. The van der Waals surface area contributed by atoms with Gasteiger partial charge in [-0.25, -0.2) is 4.79 Å². The fraction of sp³-hybridized carbons (Fsp3) is 0.789. The first-order valence-corrected chi connectivity index (χ1v) is 9.77. The lowest BCUT2D eigenvalue weighted by molar-refractivity contribution is -0.140. The van der Waals surface area contributed by atoms with Gasteiger partial charge in [-0.15, -0.1) is 0 Å². The molecule has 1 saturated heterocycles. The highest BCUT2D eigenvalue weighted by atomic mass is 16.6. The molecule has 9 heteroatoms. The Labute approximate surface area is 166 Å². The van der Waals surface area contributed by atoms with Crippen molar-refractivity contribution in [2.45, 2.75) is 84.5 Å². The Bertz CT molecular complexity index is 602. The minimum Gasteiger partial charge on any atom is -0.444 e. The first kappa shape index (κ1) is 23.7. The van der Waals surface area contributed by atoms with Gasteiger partial charge in [0, 0.05) is 6.54 Å². The maximum absolute atomic E-state index is 12.8. The number of carbonyl (C=O) groups excluding carboxylic acids is 4. The van der Waals surface area contributed by atoms with Gasteiger partial charge in [0.2, 0.25) is 17.7 Å². The van der Waals surface area contributed by atoms with E-state index in [9.17, 15) is 19.2 Å². The molecule has 0 spiro atoms. The van der Waals surface area contributed by atoms with Crippen LogP contribution in [0.4, 0.5) is 4.79 Å². The molecule has 0 bridgehead atoms. The summed E-state index contributed by atoms with van der Waals surface area (Å²) in [6.45, 7) is 10.9. The average molecular weight is 399 g/mol. The standard InChI is InChI=1S/C19H34N4O5/c1-7-11(2)14(15(20)24)22-16(25)13-9-8-10-23(13)17(26)12(3)21-18(27)28-19(4,5)6/h11-14H,7-10H2,1-6H3,(H2,20,24)(H,21,27)(H,22,25)/t11-,12+,13-,14+/m0/s1. The van der Waals surface area contributed by atoms with Gasteiger partial charge in [-0.2, -0.15) is 0 Å². The van der Waals surface area contributed by atoms with Crippen LogP contribution in [0, 0.1) is 5.92 Å². The van der Waals surface area contributed by atoms with E-state index in [1.54, 1.807) is 27.7 Å². The van der Waals surface area contributed by atoms with E-state index in [0.29, 0.717) is 25.8 Å². The number of nitrogens with two attached hydrogens (primary N) is 1. The predicted octanol–water partition coefficient (Wildman–Crippen LogP) is 0.907. The Morgan fingerprint density at radius 3 is 2.29 bits per heavy atom. The van der Waals surface area contributed by atoms with E-state index in [1.165, 1.54) is 4.90 Å². The molecule has 9 nitrogen and oxygen atoms in total. The molecule has 4 amide bonds. The molecule has 1 rings (SSSR count). The highest BCUT2D eigenvalue weighted by Crippen LogP contribution is 2.20. The van der Waals surface area contributed by atoms with Crippen LogP contribution in [0.3, 0.4) is 0 Å².